The fraction of sp³-hybridized carbons (Fsp3) is 0.857. The molecular formula is C7H13NO5. The zero-order chi connectivity index (χ0) is 10.2. The van der Waals surface area contributed by atoms with Crippen LogP contribution in [0, 0.1) is 0 Å². The summed E-state index contributed by atoms with van der Waals surface area (Å²) in [5.41, 5.74) is 3.48. The van der Waals surface area contributed by atoms with Crippen LogP contribution in [0.5, 0.6) is 0 Å². The molecule has 0 aliphatic carbocycles. The Bertz CT molecular complexity index is 209. The predicted molar refractivity (Wildman–Crippen MR) is 41.5 cm³/mol. The van der Waals surface area contributed by atoms with E-state index in [-0.39, 0.29) is 0 Å². The normalized spacial score (nSPS) is 47.6. The fourth-order valence-electron chi connectivity index (χ4n) is 1.40. The van der Waals surface area contributed by atoms with E-state index >= 15 is 0 Å². The van der Waals surface area contributed by atoms with Gasteiger partial charge in [0.1, 0.15) is 17.8 Å². The van der Waals surface area contributed by atoms with Crippen LogP contribution in [-0.4, -0.2) is 51.7 Å². The van der Waals surface area contributed by atoms with Gasteiger partial charge in [0.25, 0.3) is 0 Å². The van der Waals surface area contributed by atoms with Gasteiger partial charge in [0.05, 0.1) is 0 Å². The predicted octanol–water partition coefficient (Wildman–Crippen LogP) is -2.66. The minimum Gasteiger partial charge on any atom is -0.385 e. The minimum atomic E-state index is -1.92. The van der Waals surface area contributed by atoms with Crippen molar-refractivity contribution in [2.24, 2.45) is 5.73 Å². The molecule has 5 atom stereocenters. The summed E-state index contributed by atoms with van der Waals surface area (Å²) in [4.78, 5) is 10.5. The molecule has 0 bridgehead atoms. The largest absolute Gasteiger partial charge is 0.385 e. The van der Waals surface area contributed by atoms with Crippen molar-refractivity contribution in [3.63, 3.8) is 0 Å². The second-order valence-electron chi connectivity index (χ2n) is 3.20. The van der Waals surface area contributed by atoms with Gasteiger partial charge in [-0.25, -0.2) is 0 Å². The van der Waals surface area contributed by atoms with Crippen molar-refractivity contribution in [3.8, 4) is 0 Å². The summed E-state index contributed by atoms with van der Waals surface area (Å²) < 4.78 is 4.61. The number of aliphatic hydroxyl groups is 3. The lowest BCUT2D eigenvalue weighted by Gasteiger charge is -2.31. The van der Waals surface area contributed by atoms with Crippen molar-refractivity contribution in [1.82, 2.24) is 0 Å². The first-order valence-electron chi connectivity index (χ1n) is 3.89. The van der Waals surface area contributed by atoms with Crippen LogP contribution in [0.1, 0.15) is 6.92 Å². The minimum absolute atomic E-state index is 0.308. The molecule has 0 aromatic heterocycles. The zero-order valence-corrected chi connectivity index (χ0v) is 7.12. The molecule has 6 nitrogen and oxygen atoms in total. The highest BCUT2D eigenvalue weighted by Crippen LogP contribution is 2.31. The molecule has 1 heterocycles. The molecule has 0 aromatic carbocycles. The van der Waals surface area contributed by atoms with E-state index in [4.69, 9.17) is 10.8 Å². The third-order valence-electron chi connectivity index (χ3n) is 2.34. The smallest absolute Gasteiger partial charge is 0.184 e. The van der Waals surface area contributed by atoms with Gasteiger partial charge >= 0.3 is 0 Å². The highest BCUT2D eigenvalue weighted by molar-refractivity contribution is 5.60. The second kappa shape index (κ2) is 3.32. The van der Waals surface area contributed by atoms with Crippen LogP contribution >= 0.6 is 0 Å². The van der Waals surface area contributed by atoms with Gasteiger partial charge in [-0.05, 0) is 6.92 Å². The Hall–Kier alpha value is -0.530. The van der Waals surface area contributed by atoms with Gasteiger partial charge in [-0.15, -0.1) is 0 Å². The van der Waals surface area contributed by atoms with E-state index < -0.39 is 30.1 Å². The Labute approximate surface area is 74.9 Å². The molecule has 1 saturated heterocycles. The maximum absolute atomic E-state index is 10.5. The second-order valence-corrected chi connectivity index (χ2v) is 3.20. The van der Waals surface area contributed by atoms with Crippen molar-refractivity contribution < 1.29 is 24.9 Å². The number of carbonyl (C=O) groups excluding carboxylic acids is 1. The molecule has 5 N–H and O–H groups in total. The molecule has 1 unspecified atom stereocenters. The monoisotopic (exact) mass is 191 g/mol. The number of carbonyl (C=O) groups is 1. The number of aldehydes is 1. The summed E-state index contributed by atoms with van der Waals surface area (Å²) in [7, 11) is 0. The number of ether oxygens (including phenoxy) is 1. The van der Waals surface area contributed by atoms with Gasteiger partial charge in [-0.2, -0.15) is 0 Å². The molecule has 13 heavy (non-hydrogen) atoms. The van der Waals surface area contributed by atoms with E-state index in [0.717, 1.165) is 0 Å². The fourth-order valence-corrected chi connectivity index (χ4v) is 1.40. The first-order valence-corrected chi connectivity index (χ1v) is 3.89. The lowest BCUT2D eigenvalue weighted by atomic mass is 9.86. The van der Waals surface area contributed by atoms with E-state index in [2.05, 4.69) is 4.74 Å². The van der Waals surface area contributed by atoms with Crippen LogP contribution in [0.15, 0.2) is 0 Å². The Balaban J connectivity index is 2.96. The number of hydrogen-bond acceptors (Lipinski definition) is 6. The lowest BCUT2D eigenvalue weighted by molar-refractivity contribution is -0.140. The van der Waals surface area contributed by atoms with Gasteiger partial charge in [-0.3, -0.25) is 0 Å². The molecule has 1 fully saturated rings. The van der Waals surface area contributed by atoms with Gasteiger partial charge in [0, 0.05) is 6.04 Å². The molecule has 0 amide bonds. The molecule has 0 aromatic rings. The van der Waals surface area contributed by atoms with E-state index in [1.165, 1.54) is 6.92 Å². The highest BCUT2D eigenvalue weighted by atomic mass is 16.6. The van der Waals surface area contributed by atoms with Crippen molar-refractivity contribution in [2.75, 3.05) is 0 Å². The van der Waals surface area contributed by atoms with Crippen LogP contribution < -0.4 is 5.73 Å². The molecule has 0 radical (unpaired) electrons. The Kier molecular flexibility index (Phi) is 2.69. The van der Waals surface area contributed by atoms with Crippen LogP contribution in [-0.2, 0) is 9.53 Å². The number of rotatable bonds is 2. The van der Waals surface area contributed by atoms with Crippen molar-refractivity contribution >= 4 is 6.29 Å². The van der Waals surface area contributed by atoms with Gasteiger partial charge < -0.3 is 30.6 Å². The van der Waals surface area contributed by atoms with Crippen LogP contribution in [0.2, 0.25) is 0 Å². The summed E-state index contributed by atoms with van der Waals surface area (Å²) in [6.07, 6.45) is -4.13. The highest BCUT2D eigenvalue weighted by Gasteiger charge is 2.57. The van der Waals surface area contributed by atoms with E-state index in [1.54, 1.807) is 0 Å². The zero-order valence-electron chi connectivity index (χ0n) is 7.12. The average molecular weight is 191 g/mol. The molecule has 1 aliphatic rings. The molecule has 76 valence electrons. The third kappa shape index (κ3) is 1.36. The number of nitrogens with two attached hydrogens (primary N) is 1. The lowest BCUT2D eigenvalue weighted by Crippen LogP contribution is -2.59. The van der Waals surface area contributed by atoms with Crippen molar-refractivity contribution in [1.29, 1.82) is 0 Å². The van der Waals surface area contributed by atoms with E-state index in [0.29, 0.717) is 6.29 Å². The quantitative estimate of drug-likeness (QED) is 0.354. The summed E-state index contributed by atoms with van der Waals surface area (Å²) in [6, 6.07) is -0.880. The summed E-state index contributed by atoms with van der Waals surface area (Å²) >= 11 is 0. The maximum Gasteiger partial charge on any atom is 0.184 e. The first-order chi connectivity index (χ1) is 5.94. The summed E-state index contributed by atoms with van der Waals surface area (Å²) in [5, 5.41) is 28.1. The van der Waals surface area contributed by atoms with Crippen LogP contribution in [0.4, 0.5) is 0 Å². The summed E-state index contributed by atoms with van der Waals surface area (Å²) in [5.74, 6) is 0. The van der Waals surface area contributed by atoms with Crippen molar-refractivity contribution in [3.05, 3.63) is 0 Å². The van der Waals surface area contributed by atoms with E-state index in [9.17, 15) is 15.0 Å². The average Bonchev–Trinajstić information content (AvgIpc) is 2.30. The van der Waals surface area contributed by atoms with Gasteiger partial charge in [0.15, 0.2) is 12.6 Å². The molecule has 0 spiro atoms. The van der Waals surface area contributed by atoms with Crippen LogP contribution in [0.3, 0.4) is 0 Å². The SMILES string of the molecule is CC(N)[C@@]1(O)[C@@H](C=O)O[C@H](O)[C@@H]1O. The van der Waals surface area contributed by atoms with Gasteiger partial charge in [-0.1, -0.05) is 0 Å². The number of hydrogen-bond donors (Lipinski definition) is 4. The Morgan fingerprint density at radius 3 is 2.46 bits per heavy atom. The topological polar surface area (TPSA) is 113 Å². The summed E-state index contributed by atoms with van der Waals surface area (Å²) in [6.45, 7) is 1.42. The Morgan fingerprint density at radius 1 is 1.62 bits per heavy atom. The molecular weight excluding hydrogens is 178 g/mol. The first kappa shape index (κ1) is 10.6. The maximum atomic E-state index is 10.5. The van der Waals surface area contributed by atoms with E-state index in [1.807, 2.05) is 0 Å². The molecule has 1 aliphatic heterocycles. The third-order valence-corrected chi connectivity index (χ3v) is 2.34. The standard InChI is InChI=1S/C7H13NO5/c1-3(8)7(12)4(2-9)13-6(11)5(7)10/h2-6,10-12H,8H2,1H3/t3?,4-,5+,6+,7-/m1/s1. The Morgan fingerprint density at radius 2 is 2.15 bits per heavy atom. The van der Waals surface area contributed by atoms with Crippen molar-refractivity contribution in [2.45, 2.75) is 37.1 Å². The molecule has 0 saturated carbocycles. The van der Waals surface area contributed by atoms with Crippen LogP contribution in [0.25, 0.3) is 0 Å². The van der Waals surface area contributed by atoms with Gasteiger partial charge in [0.2, 0.25) is 0 Å². The molecule has 1 rings (SSSR count). The number of aliphatic hydroxyl groups excluding tert-OH is 2. The molecule has 6 heteroatoms.